The number of benzene rings is 1. The van der Waals surface area contributed by atoms with Crippen LogP contribution in [0.1, 0.15) is 38.7 Å². The number of hydrogen-bond donors (Lipinski definition) is 1. The van der Waals surface area contributed by atoms with Gasteiger partial charge in [0, 0.05) is 12.0 Å². The molecule has 6 nitrogen and oxygen atoms in total. The van der Waals surface area contributed by atoms with E-state index in [-0.39, 0.29) is 34.4 Å². The van der Waals surface area contributed by atoms with Crippen LogP contribution in [0.3, 0.4) is 0 Å². The van der Waals surface area contributed by atoms with Crippen LogP contribution in [-0.4, -0.2) is 39.9 Å². The molecular formula is C22H21ClFNO5. The summed E-state index contributed by atoms with van der Waals surface area (Å²) in [6, 6.07) is 4.56. The van der Waals surface area contributed by atoms with Gasteiger partial charge < -0.3 is 14.7 Å². The summed E-state index contributed by atoms with van der Waals surface area (Å²) in [7, 11) is 0. The van der Waals surface area contributed by atoms with Crippen LogP contribution in [0.5, 0.6) is 0 Å². The predicted molar refractivity (Wildman–Crippen MR) is 105 cm³/mol. The topological polar surface area (TPSA) is 85.2 Å². The summed E-state index contributed by atoms with van der Waals surface area (Å²) in [6.45, 7) is 3.53. The number of fused-ring (bicyclic) bond motifs is 4. The van der Waals surface area contributed by atoms with Gasteiger partial charge in [-0.25, -0.2) is 9.18 Å². The van der Waals surface area contributed by atoms with Crippen LogP contribution in [0.15, 0.2) is 35.5 Å². The summed E-state index contributed by atoms with van der Waals surface area (Å²) in [6.07, 6.45) is 3.09. The van der Waals surface area contributed by atoms with Gasteiger partial charge in [-0.3, -0.25) is 4.79 Å². The van der Waals surface area contributed by atoms with Crippen molar-refractivity contribution in [1.82, 2.24) is 0 Å². The van der Waals surface area contributed by atoms with Gasteiger partial charge in [-0.1, -0.05) is 29.7 Å². The van der Waals surface area contributed by atoms with E-state index in [4.69, 9.17) is 21.2 Å². The average molecular weight is 434 g/mol. The van der Waals surface area contributed by atoms with Gasteiger partial charge in [-0.05, 0) is 50.0 Å². The van der Waals surface area contributed by atoms with Crippen molar-refractivity contribution in [2.75, 3.05) is 0 Å². The molecule has 2 heterocycles. The minimum absolute atomic E-state index is 0.00870. The zero-order valence-electron chi connectivity index (χ0n) is 16.5. The Labute approximate surface area is 177 Å². The van der Waals surface area contributed by atoms with Gasteiger partial charge in [-0.15, -0.1) is 0 Å². The molecule has 0 radical (unpaired) electrons. The highest BCUT2D eigenvalue weighted by atomic mass is 35.5. The van der Waals surface area contributed by atoms with E-state index in [1.165, 1.54) is 24.3 Å². The van der Waals surface area contributed by atoms with E-state index in [0.29, 0.717) is 12.8 Å². The molecule has 0 amide bonds. The molecule has 6 atom stereocenters. The lowest BCUT2D eigenvalue weighted by Gasteiger charge is -2.43. The van der Waals surface area contributed by atoms with E-state index in [1.54, 1.807) is 13.0 Å². The molecule has 3 unspecified atom stereocenters. The fraction of sp³-hybridized carbons (Fsp3) is 0.500. The van der Waals surface area contributed by atoms with Crippen LogP contribution in [0.2, 0.25) is 5.02 Å². The molecule has 1 aromatic carbocycles. The van der Waals surface area contributed by atoms with E-state index in [0.717, 1.165) is 0 Å². The first-order chi connectivity index (χ1) is 14.1. The molecule has 0 aromatic heterocycles. The largest absolute Gasteiger partial charge is 0.458 e. The van der Waals surface area contributed by atoms with Crippen LogP contribution in [-0.2, 0) is 19.2 Å². The van der Waals surface area contributed by atoms with Gasteiger partial charge >= 0.3 is 5.97 Å². The lowest BCUT2D eigenvalue weighted by molar-refractivity contribution is -0.169. The third kappa shape index (κ3) is 2.20. The van der Waals surface area contributed by atoms with Crippen LogP contribution < -0.4 is 0 Å². The summed E-state index contributed by atoms with van der Waals surface area (Å²) in [5.74, 6) is -2.29. The van der Waals surface area contributed by atoms with Crippen molar-refractivity contribution in [3.8, 4) is 0 Å². The Balaban J connectivity index is 1.55. The molecule has 0 bridgehead atoms. The minimum atomic E-state index is -1.45. The molecule has 1 saturated heterocycles. The molecule has 4 aliphatic rings. The molecule has 1 N–H and O–H groups in total. The maximum Gasteiger partial charge on any atom is 0.354 e. The third-order valence-corrected chi connectivity index (χ3v) is 7.91. The van der Waals surface area contributed by atoms with Crippen LogP contribution >= 0.6 is 11.6 Å². The van der Waals surface area contributed by atoms with Crippen molar-refractivity contribution in [3.05, 3.63) is 46.8 Å². The highest BCUT2D eigenvalue weighted by Gasteiger charge is 2.73. The number of ketones is 1. The normalized spacial score (nSPS) is 41.9. The maximum atomic E-state index is 14.5. The Kier molecular flexibility index (Phi) is 4.03. The maximum absolute atomic E-state index is 14.5. The number of ether oxygens (including phenoxy) is 1. The van der Waals surface area contributed by atoms with Crippen molar-refractivity contribution >= 4 is 29.1 Å². The molecule has 5 rings (SSSR count). The Morgan fingerprint density at radius 2 is 2.07 bits per heavy atom. The third-order valence-electron chi connectivity index (χ3n) is 7.62. The summed E-state index contributed by atoms with van der Waals surface area (Å²) < 4.78 is 20.3. The average Bonchev–Trinajstić information content (AvgIpc) is 3.33. The number of carbonyl (C=O) groups is 2. The first-order valence-corrected chi connectivity index (χ1v) is 10.4. The quantitative estimate of drug-likeness (QED) is 0.687. The van der Waals surface area contributed by atoms with Crippen LogP contribution in [0.4, 0.5) is 4.39 Å². The standard InChI is InChI=1S/C22H21ClFNO5/c1-11-6-7-13-18(20(2)16(26)8-9-22(11,20)28)29-19(27)21(13)10-15(25-30-21)12-4-3-5-14(23)17(12)24/h3-5,8-9,11,13,18,28H,6-7,10H2,1-2H3/t11-,13?,18?,20-,21?,22+/m0/s1. The lowest BCUT2D eigenvalue weighted by atomic mass is 9.63. The monoisotopic (exact) mass is 433 g/mol. The Morgan fingerprint density at radius 3 is 2.83 bits per heavy atom. The van der Waals surface area contributed by atoms with Crippen molar-refractivity contribution in [2.45, 2.75) is 50.4 Å². The number of oxime groups is 1. The van der Waals surface area contributed by atoms with E-state index < -0.39 is 40.4 Å². The first-order valence-electron chi connectivity index (χ1n) is 10.0. The van der Waals surface area contributed by atoms with Crippen molar-refractivity contribution in [1.29, 1.82) is 0 Å². The summed E-state index contributed by atoms with van der Waals surface area (Å²) >= 11 is 5.90. The lowest BCUT2D eigenvalue weighted by Crippen LogP contribution is -2.57. The van der Waals surface area contributed by atoms with Crippen LogP contribution in [0.25, 0.3) is 0 Å². The highest BCUT2D eigenvalue weighted by Crippen LogP contribution is 2.59. The number of halogens is 2. The smallest absolute Gasteiger partial charge is 0.354 e. The van der Waals surface area contributed by atoms with Gasteiger partial charge in [0.05, 0.1) is 16.7 Å². The zero-order valence-corrected chi connectivity index (χ0v) is 17.3. The SMILES string of the molecule is C[C@H]1CCC2C(OC(=O)C23CC(c2cccc(Cl)c2F)=NO3)[C@]2(C)C(=O)C=C[C@@]12O. The van der Waals surface area contributed by atoms with E-state index in [1.807, 2.05) is 6.92 Å². The van der Waals surface area contributed by atoms with Crippen molar-refractivity contribution in [2.24, 2.45) is 22.4 Å². The second-order valence-corrected chi connectivity index (χ2v) is 9.34. The van der Waals surface area contributed by atoms with E-state index in [9.17, 15) is 19.1 Å². The van der Waals surface area contributed by atoms with Crippen molar-refractivity contribution in [3.63, 3.8) is 0 Å². The van der Waals surface area contributed by atoms with Gasteiger partial charge in [0.15, 0.2) is 11.6 Å². The molecule has 2 fully saturated rings. The number of nitrogens with zero attached hydrogens (tertiary/aromatic N) is 1. The molecule has 2 aliphatic carbocycles. The molecule has 158 valence electrons. The van der Waals surface area contributed by atoms with Crippen LogP contribution in [0, 0.1) is 23.1 Å². The van der Waals surface area contributed by atoms with E-state index in [2.05, 4.69) is 5.16 Å². The summed E-state index contributed by atoms with van der Waals surface area (Å²) in [5, 5.41) is 15.4. The fourth-order valence-corrected chi connectivity index (χ4v) is 5.84. The second-order valence-electron chi connectivity index (χ2n) is 8.93. The Morgan fingerprint density at radius 1 is 1.30 bits per heavy atom. The second kappa shape index (κ2) is 6.14. The fourth-order valence-electron chi connectivity index (χ4n) is 5.67. The number of rotatable bonds is 1. The molecule has 1 saturated carbocycles. The molecule has 30 heavy (non-hydrogen) atoms. The number of hydrogen-bond acceptors (Lipinski definition) is 6. The van der Waals surface area contributed by atoms with Gasteiger partial charge in [-0.2, -0.15) is 0 Å². The number of allylic oxidation sites excluding steroid dienone is 1. The van der Waals surface area contributed by atoms with Gasteiger partial charge in [0.1, 0.15) is 17.1 Å². The van der Waals surface area contributed by atoms with Crippen molar-refractivity contribution < 1.29 is 28.7 Å². The van der Waals surface area contributed by atoms with E-state index >= 15 is 0 Å². The predicted octanol–water partition coefficient (Wildman–Crippen LogP) is 3.19. The molecule has 8 heteroatoms. The number of carbonyl (C=O) groups excluding carboxylic acids is 2. The summed E-state index contributed by atoms with van der Waals surface area (Å²) in [4.78, 5) is 31.6. The number of aliphatic hydroxyl groups is 1. The van der Waals surface area contributed by atoms with Gasteiger partial charge in [0.25, 0.3) is 0 Å². The van der Waals surface area contributed by atoms with Gasteiger partial charge in [0.2, 0.25) is 5.60 Å². The molecule has 2 aliphatic heterocycles. The summed E-state index contributed by atoms with van der Waals surface area (Å²) in [5.41, 5.74) is -3.76. The zero-order chi connectivity index (χ0) is 21.5. The molecule has 1 aromatic rings. The molecule has 1 spiro atoms. The Bertz CT molecular complexity index is 1040. The number of esters is 1. The minimum Gasteiger partial charge on any atom is -0.458 e. The first kappa shape index (κ1) is 19.7. The highest BCUT2D eigenvalue weighted by molar-refractivity contribution is 6.31. The molecular weight excluding hydrogens is 413 g/mol. The Hall–Kier alpha value is -2.25.